The zero-order valence-electron chi connectivity index (χ0n) is 8.10. The van der Waals surface area contributed by atoms with Crippen LogP contribution in [0.3, 0.4) is 0 Å². The van der Waals surface area contributed by atoms with E-state index in [9.17, 15) is 4.79 Å². The van der Waals surface area contributed by atoms with Crippen LogP contribution in [0.15, 0.2) is 41.8 Å². The zero-order chi connectivity index (χ0) is 11.1. The number of esters is 1. The second-order valence-electron chi connectivity index (χ2n) is 2.65. The number of carbonyl (C=O) groups excluding carboxylic acids is 1. The quantitative estimate of drug-likeness (QED) is 0.273. The molecule has 0 heterocycles. The first-order chi connectivity index (χ1) is 7.27. The molecule has 1 rings (SSSR count). The molecule has 0 unspecified atom stereocenters. The summed E-state index contributed by atoms with van der Waals surface area (Å²) in [5, 5.41) is 6.90. The van der Waals surface area contributed by atoms with Gasteiger partial charge >= 0.3 is 5.97 Å². The van der Waals surface area contributed by atoms with E-state index < -0.39 is 0 Å². The smallest absolute Gasteiger partial charge is 0.338 e. The van der Waals surface area contributed by atoms with Crippen LogP contribution in [-0.2, 0) is 4.74 Å². The molecule has 1 N–H and O–H groups in total. The maximum Gasteiger partial charge on any atom is 0.338 e. The van der Waals surface area contributed by atoms with Crippen molar-refractivity contribution in [3.05, 3.63) is 42.5 Å². The summed E-state index contributed by atoms with van der Waals surface area (Å²) >= 11 is 1.29. The Morgan fingerprint density at radius 3 is 2.67 bits per heavy atom. The van der Waals surface area contributed by atoms with Crippen LogP contribution >= 0.6 is 11.8 Å². The molecule has 1 aromatic carbocycles. The third kappa shape index (κ3) is 3.59. The van der Waals surface area contributed by atoms with Crippen LogP contribution in [0.1, 0.15) is 10.4 Å². The van der Waals surface area contributed by atoms with Crippen LogP contribution < -0.4 is 0 Å². The van der Waals surface area contributed by atoms with Gasteiger partial charge in [-0.3, -0.25) is 0 Å². The van der Waals surface area contributed by atoms with Crippen molar-refractivity contribution in [3.8, 4) is 0 Å². The lowest BCUT2D eigenvalue weighted by Gasteiger charge is -2.02. The van der Waals surface area contributed by atoms with Gasteiger partial charge in [0.2, 0.25) is 0 Å². The summed E-state index contributed by atoms with van der Waals surface area (Å²) in [4.78, 5) is 12.3. The van der Waals surface area contributed by atoms with E-state index in [1.165, 1.54) is 23.4 Å². The van der Waals surface area contributed by atoms with E-state index >= 15 is 0 Å². The SMILES string of the molecule is C=CCOC(=O)c1ccc(SC=N)cc1. The van der Waals surface area contributed by atoms with Gasteiger partial charge in [-0.25, -0.2) is 4.79 Å². The number of rotatable bonds is 5. The van der Waals surface area contributed by atoms with Gasteiger partial charge in [-0.2, -0.15) is 0 Å². The third-order valence-corrected chi connectivity index (χ3v) is 2.28. The molecule has 0 aliphatic heterocycles. The minimum absolute atomic E-state index is 0.218. The van der Waals surface area contributed by atoms with E-state index in [0.29, 0.717) is 5.56 Å². The molecule has 4 heteroatoms. The van der Waals surface area contributed by atoms with Crippen LogP contribution in [0.2, 0.25) is 0 Å². The van der Waals surface area contributed by atoms with Crippen molar-refractivity contribution in [2.24, 2.45) is 0 Å². The Kier molecular flexibility index (Phi) is 4.63. The number of benzene rings is 1. The highest BCUT2D eigenvalue weighted by Gasteiger charge is 2.05. The number of carbonyl (C=O) groups is 1. The van der Waals surface area contributed by atoms with Crippen LogP contribution in [0, 0.1) is 5.41 Å². The summed E-state index contributed by atoms with van der Waals surface area (Å²) < 4.78 is 4.87. The molecule has 0 aliphatic carbocycles. The van der Waals surface area contributed by atoms with Gasteiger partial charge in [-0.1, -0.05) is 24.4 Å². The van der Waals surface area contributed by atoms with Gasteiger partial charge in [0, 0.05) is 4.90 Å². The van der Waals surface area contributed by atoms with Crippen molar-refractivity contribution in [3.63, 3.8) is 0 Å². The lowest BCUT2D eigenvalue weighted by Crippen LogP contribution is -2.04. The lowest BCUT2D eigenvalue weighted by molar-refractivity contribution is 0.0549. The van der Waals surface area contributed by atoms with Crippen molar-refractivity contribution in [2.75, 3.05) is 6.61 Å². The van der Waals surface area contributed by atoms with Crippen LogP contribution in [0.4, 0.5) is 0 Å². The Labute approximate surface area is 92.7 Å². The molecule has 0 amide bonds. The molecule has 0 fully saturated rings. The van der Waals surface area contributed by atoms with Gasteiger partial charge in [-0.15, -0.1) is 0 Å². The van der Waals surface area contributed by atoms with Gasteiger partial charge in [0.05, 0.1) is 11.1 Å². The first-order valence-electron chi connectivity index (χ1n) is 4.31. The maximum atomic E-state index is 11.4. The third-order valence-electron chi connectivity index (χ3n) is 1.62. The van der Waals surface area contributed by atoms with Gasteiger partial charge in [0.1, 0.15) is 6.61 Å². The summed E-state index contributed by atoms with van der Waals surface area (Å²) in [5.74, 6) is -0.360. The Balaban J connectivity index is 2.66. The highest BCUT2D eigenvalue weighted by Crippen LogP contribution is 2.15. The van der Waals surface area contributed by atoms with Crippen molar-refractivity contribution >= 4 is 23.3 Å². The number of thioether (sulfide) groups is 1. The van der Waals surface area contributed by atoms with Crippen molar-refractivity contribution in [2.45, 2.75) is 4.90 Å². The van der Waals surface area contributed by atoms with Gasteiger partial charge in [-0.05, 0) is 24.3 Å². The molecule has 1 aromatic rings. The maximum absolute atomic E-state index is 11.4. The van der Waals surface area contributed by atoms with E-state index in [1.807, 2.05) is 0 Å². The first kappa shape index (κ1) is 11.5. The summed E-state index contributed by atoms with van der Waals surface area (Å²) in [5.41, 5.74) is 1.75. The largest absolute Gasteiger partial charge is 0.458 e. The molecule has 0 aromatic heterocycles. The average Bonchev–Trinajstić information content (AvgIpc) is 2.27. The normalized spacial score (nSPS) is 9.33. The number of ether oxygens (including phenoxy) is 1. The van der Waals surface area contributed by atoms with E-state index in [0.717, 1.165) is 4.90 Å². The van der Waals surface area contributed by atoms with Gasteiger partial charge < -0.3 is 10.1 Å². The first-order valence-corrected chi connectivity index (χ1v) is 5.19. The summed E-state index contributed by atoms with van der Waals surface area (Å²) in [6.07, 6.45) is 1.52. The molecule has 0 radical (unpaired) electrons. The molecule has 0 aliphatic rings. The van der Waals surface area contributed by atoms with Gasteiger partial charge in [0.25, 0.3) is 0 Å². The minimum Gasteiger partial charge on any atom is -0.458 e. The topological polar surface area (TPSA) is 50.2 Å². The second-order valence-corrected chi connectivity index (χ2v) is 3.59. The Morgan fingerprint density at radius 1 is 1.47 bits per heavy atom. The fourth-order valence-electron chi connectivity index (χ4n) is 0.956. The average molecular weight is 221 g/mol. The fraction of sp³-hybridized carbons (Fsp3) is 0.0909. The Bertz CT molecular complexity index is 359. The molecule has 0 saturated heterocycles. The Morgan fingerprint density at radius 2 is 2.13 bits per heavy atom. The molecule has 15 heavy (non-hydrogen) atoms. The minimum atomic E-state index is -0.360. The fourth-order valence-corrected chi connectivity index (χ4v) is 1.38. The Hall–Kier alpha value is -1.55. The molecule has 3 nitrogen and oxygen atoms in total. The summed E-state index contributed by atoms with van der Waals surface area (Å²) in [7, 11) is 0. The molecule has 0 atom stereocenters. The second kappa shape index (κ2) is 6.03. The molecular formula is C11H11NO2S. The van der Waals surface area contributed by atoms with E-state index in [2.05, 4.69) is 6.58 Å². The molecule has 78 valence electrons. The van der Waals surface area contributed by atoms with Crippen molar-refractivity contribution < 1.29 is 9.53 Å². The zero-order valence-corrected chi connectivity index (χ0v) is 8.92. The summed E-state index contributed by atoms with van der Waals surface area (Å²) in [6.45, 7) is 3.68. The predicted molar refractivity (Wildman–Crippen MR) is 61.6 cm³/mol. The standard InChI is InChI=1S/C11H11NO2S/c1-2-7-14-11(13)9-3-5-10(6-4-9)15-8-12/h2-6,8,12H,1,7H2. The van der Waals surface area contributed by atoms with Crippen molar-refractivity contribution in [1.29, 1.82) is 5.41 Å². The van der Waals surface area contributed by atoms with E-state index in [4.69, 9.17) is 10.1 Å². The van der Waals surface area contributed by atoms with Gasteiger partial charge in [0.15, 0.2) is 0 Å². The molecular weight excluding hydrogens is 210 g/mol. The molecule has 0 saturated carbocycles. The van der Waals surface area contributed by atoms with Crippen molar-refractivity contribution in [1.82, 2.24) is 0 Å². The molecule has 0 spiro atoms. The van der Waals surface area contributed by atoms with E-state index in [-0.39, 0.29) is 12.6 Å². The van der Waals surface area contributed by atoms with Crippen LogP contribution in [0.5, 0.6) is 0 Å². The monoisotopic (exact) mass is 221 g/mol. The van der Waals surface area contributed by atoms with Crippen LogP contribution in [0.25, 0.3) is 0 Å². The molecule has 0 bridgehead atoms. The lowest BCUT2D eigenvalue weighted by atomic mass is 10.2. The number of nitrogens with one attached hydrogen (secondary N) is 1. The number of hydrogen-bond donors (Lipinski definition) is 1. The van der Waals surface area contributed by atoms with Crippen LogP contribution in [-0.4, -0.2) is 18.1 Å². The number of hydrogen-bond acceptors (Lipinski definition) is 4. The highest BCUT2D eigenvalue weighted by atomic mass is 32.2. The highest BCUT2D eigenvalue weighted by molar-refractivity contribution is 8.12. The predicted octanol–water partition coefficient (Wildman–Crippen LogP) is 2.73. The van der Waals surface area contributed by atoms with E-state index in [1.54, 1.807) is 24.3 Å². The summed E-state index contributed by atoms with van der Waals surface area (Å²) in [6, 6.07) is 6.91.